The summed E-state index contributed by atoms with van der Waals surface area (Å²) in [6.45, 7) is 1.83. The molecule has 1 N–H and O–H groups in total. The Bertz CT molecular complexity index is 641. The zero-order chi connectivity index (χ0) is 16.1. The molecule has 2 aromatic carbocycles. The normalized spacial score (nSPS) is 11.8. The van der Waals surface area contributed by atoms with Gasteiger partial charge < -0.3 is 10.1 Å². The maximum absolute atomic E-state index is 12.3. The molecule has 2 rings (SSSR count). The molecule has 0 saturated carbocycles. The molecule has 116 valence electrons. The van der Waals surface area contributed by atoms with Crippen LogP contribution in [0.15, 0.2) is 47.4 Å². The van der Waals surface area contributed by atoms with Crippen LogP contribution in [0, 0.1) is 0 Å². The summed E-state index contributed by atoms with van der Waals surface area (Å²) < 4.78 is 5.11. The predicted molar refractivity (Wildman–Crippen MR) is 93.4 cm³/mol. The topological polar surface area (TPSA) is 38.3 Å². The van der Waals surface area contributed by atoms with Gasteiger partial charge in [-0.2, -0.15) is 0 Å². The second-order valence-corrected chi connectivity index (χ2v) is 6.75. The Labute approximate surface area is 144 Å². The van der Waals surface area contributed by atoms with Crippen LogP contribution in [-0.2, 0) is 4.79 Å². The van der Waals surface area contributed by atoms with Crippen LogP contribution >= 0.6 is 35.0 Å². The first-order chi connectivity index (χ1) is 10.5. The zero-order valence-electron chi connectivity index (χ0n) is 12.1. The molecule has 0 fully saturated rings. The minimum atomic E-state index is -0.291. The van der Waals surface area contributed by atoms with Crippen LogP contribution in [0.4, 0.5) is 5.69 Å². The molecular formula is C16H15Cl2NO2S. The monoisotopic (exact) mass is 355 g/mol. The van der Waals surface area contributed by atoms with E-state index in [1.807, 2.05) is 31.2 Å². The van der Waals surface area contributed by atoms with E-state index in [4.69, 9.17) is 27.9 Å². The van der Waals surface area contributed by atoms with Crippen LogP contribution in [-0.4, -0.2) is 18.3 Å². The smallest absolute Gasteiger partial charge is 0.237 e. The molecule has 3 nitrogen and oxygen atoms in total. The second kappa shape index (κ2) is 7.77. The van der Waals surface area contributed by atoms with Gasteiger partial charge in [0.1, 0.15) is 5.75 Å². The van der Waals surface area contributed by atoms with Crippen molar-refractivity contribution in [1.29, 1.82) is 0 Å². The summed E-state index contributed by atoms with van der Waals surface area (Å²) in [6, 6.07) is 12.6. The molecule has 2 aromatic rings. The Morgan fingerprint density at radius 2 is 1.73 bits per heavy atom. The summed E-state index contributed by atoms with van der Waals surface area (Å²) in [4.78, 5) is 13.3. The lowest BCUT2D eigenvalue weighted by atomic mass is 10.3. The molecule has 0 aliphatic carbocycles. The van der Waals surface area contributed by atoms with E-state index in [-0.39, 0.29) is 11.2 Å². The van der Waals surface area contributed by atoms with Gasteiger partial charge in [0.15, 0.2) is 0 Å². The number of ether oxygens (including phenoxy) is 1. The van der Waals surface area contributed by atoms with Crippen molar-refractivity contribution in [3.63, 3.8) is 0 Å². The third-order valence-corrected chi connectivity index (χ3v) is 4.69. The summed E-state index contributed by atoms with van der Waals surface area (Å²) >= 11 is 13.6. The number of halogens is 2. The van der Waals surface area contributed by atoms with Crippen molar-refractivity contribution < 1.29 is 9.53 Å². The number of thioether (sulfide) groups is 1. The first-order valence-electron chi connectivity index (χ1n) is 6.57. The van der Waals surface area contributed by atoms with E-state index in [0.717, 1.165) is 10.6 Å². The second-order valence-electron chi connectivity index (χ2n) is 4.52. The van der Waals surface area contributed by atoms with E-state index in [2.05, 4.69) is 5.32 Å². The lowest BCUT2D eigenvalue weighted by molar-refractivity contribution is -0.115. The number of para-hydroxylation sites is 1. The molecule has 0 aromatic heterocycles. The quantitative estimate of drug-likeness (QED) is 0.756. The highest BCUT2D eigenvalue weighted by molar-refractivity contribution is 8.00. The molecule has 22 heavy (non-hydrogen) atoms. The summed E-state index contributed by atoms with van der Waals surface area (Å²) in [5.41, 5.74) is 0.443. The van der Waals surface area contributed by atoms with E-state index < -0.39 is 0 Å². The Balaban J connectivity index is 2.02. The molecule has 1 atom stereocenters. The average Bonchev–Trinajstić information content (AvgIpc) is 2.51. The van der Waals surface area contributed by atoms with Gasteiger partial charge >= 0.3 is 0 Å². The number of nitrogens with one attached hydrogen (secondary N) is 1. The maximum atomic E-state index is 12.3. The van der Waals surface area contributed by atoms with Gasteiger partial charge in [-0.3, -0.25) is 4.79 Å². The van der Waals surface area contributed by atoms with E-state index in [1.54, 1.807) is 25.3 Å². The zero-order valence-corrected chi connectivity index (χ0v) is 14.4. The van der Waals surface area contributed by atoms with E-state index in [0.29, 0.717) is 15.7 Å². The van der Waals surface area contributed by atoms with Crippen LogP contribution in [0.1, 0.15) is 6.92 Å². The van der Waals surface area contributed by atoms with Crippen molar-refractivity contribution in [2.45, 2.75) is 17.1 Å². The lowest BCUT2D eigenvalue weighted by Gasteiger charge is -2.14. The summed E-state index contributed by atoms with van der Waals surface area (Å²) in [5, 5.41) is 3.32. The minimum absolute atomic E-state index is 0.157. The fraction of sp³-hybridized carbons (Fsp3) is 0.188. The van der Waals surface area contributed by atoms with Crippen LogP contribution in [0.5, 0.6) is 5.75 Å². The number of hydrogen-bond donors (Lipinski definition) is 1. The van der Waals surface area contributed by atoms with Crippen molar-refractivity contribution in [1.82, 2.24) is 0 Å². The van der Waals surface area contributed by atoms with Gasteiger partial charge in [-0.25, -0.2) is 0 Å². The van der Waals surface area contributed by atoms with Crippen molar-refractivity contribution in [3.8, 4) is 5.75 Å². The van der Waals surface area contributed by atoms with E-state index in [1.165, 1.54) is 11.8 Å². The Morgan fingerprint density at radius 3 is 2.27 bits per heavy atom. The molecule has 6 heteroatoms. The first kappa shape index (κ1) is 17.0. The number of benzene rings is 2. The largest absolute Gasteiger partial charge is 0.497 e. The van der Waals surface area contributed by atoms with Crippen LogP contribution in [0.3, 0.4) is 0 Å². The van der Waals surface area contributed by atoms with Gasteiger partial charge in [0, 0.05) is 4.90 Å². The highest BCUT2D eigenvalue weighted by Gasteiger charge is 2.17. The maximum Gasteiger partial charge on any atom is 0.237 e. The van der Waals surface area contributed by atoms with Crippen molar-refractivity contribution in [2.24, 2.45) is 0 Å². The van der Waals surface area contributed by atoms with Gasteiger partial charge in [-0.15, -0.1) is 11.8 Å². The molecule has 0 radical (unpaired) electrons. The van der Waals surface area contributed by atoms with Crippen molar-refractivity contribution in [3.05, 3.63) is 52.5 Å². The fourth-order valence-corrected chi connectivity index (χ4v) is 3.11. The van der Waals surface area contributed by atoms with E-state index >= 15 is 0 Å². The molecule has 0 aliphatic heterocycles. The molecule has 0 heterocycles. The van der Waals surface area contributed by atoms with E-state index in [9.17, 15) is 4.79 Å². The van der Waals surface area contributed by atoms with Gasteiger partial charge in [0.2, 0.25) is 5.91 Å². The number of hydrogen-bond acceptors (Lipinski definition) is 3. The van der Waals surface area contributed by atoms with Crippen LogP contribution in [0.25, 0.3) is 0 Å². The third kappa shape index (κ3) is 4.32. The number of carbonyl (C=O) groups excluding carboxylic acids is 1. The summed E-state index contributed by atoms with van der Waals surface area (Å²) in [6.07, 6.45) is 0. The first-order valence-corrected chi connectivity index (χ1v) is 8.20. The van der Waals surface area contributed by atoms with Crippen molar-refractivity contribution in [2.75, 3.05) is 12.4 Å². The molecule has 1 amide bonds. The fourth-order valence-electron chi connectivity index (χ4n) is 1.75. The number of amides is 1. The number of carbonyl (C=O) groups is 1. The van der Waals surface area contributed by atoms with Gasteiger partial charge in [0.25, 0.3) is 0 Å². The van der Waals surface area contributed by atoms with Crippen molar-refractivity contribution >= 4 is 46.6 Å². The van der Waals surface area contributed by atoms with Crippen LogP contribution < -0.4 is 10.1 Å². The molecule has 0 unspecified atom stereocenters. The highest BCUT2D eigenvalue weighted by Crippen LogP contribution is 2.31. The summed E-state index contributed by atoms with van der Waals surface area (Å²) in [7, 11) is 1.62. The SMILES string of the molecule is COc1ccc(S[C@H](C)C(=O)Nc2c(Cl)cccc2Cl)cc1. The Kier molecular flexibility index (Phi) is 6.00. The minimum Gasteiger partial charge on any atom is -0.497 e. The van der Waals surface area contributed by atoms with Gasteiger partial charge in [0.05, 0.1) is 28.1 Å². The molecular weight excluding hydrogens is 341 g/mol. The standard InChI is InChI=1S/C16H15Cl2NO2S/c1-10(22-12-8-6-11(21-2)7-9-12)16(20)19-15-13(17)4-3-5-14(15)18/h3-10H,1-2H3,(H,19,20)/t10-/m1/s1. The number of rotatable bonds is 5. The number of methoxy groups -OCH3 is 1. The number of anilines is 1. The van der Waals surface area contributed by atoms with Gasteiger partial charge in [-0.1, -0.05) is 29.3 Å². The Morgan fingerprint density at radius 1 is 1.14 bits per heavy atom. The highest BCUT2D eigenvalue weighted by atomic mass is 35.5. The molecule has 0 bridgehead atoms. The third-order valence-electron chi connectivity index (χ3n) is 2.95. The summed E-state index contributed by atoms with van der Waals surface area (Å²) in [5.74, 6) is 0.625. The van der Waals surface area contributed by atoms with Gasteiger partial charge in [-0.05, 0) is 43.3 Å². The average molecular weight is 356 g/mol. The molecule has 0 aliphatic rings. The predicted octanol–water partition coefficient (Wildman–Crippen LogP) is 5.12. The lowest BCUT2D eigenvalue weighted by Crippen LogP contribution is -2.22. The van der Waals surface area contributed by atoms with Crippen LogP contribution in [0.2, 0.25) is 10.0 Å². The molecule has 0 spiro atoms. The Hall–Kier alpha value is -1.36. The molecule has 0 saturated heterocycles.